The van der Waals surface area contributed by atoms with Gasteiger partial charge in [-0.05, 0) is 36.7 Å². The summed E-state index contributed by atoms with van der Waals surface area (Å²) < 4.78 is 5.33. The van der Waals surface area contributed by atoms with Crippen LogP contribution < -0.4 is 4.90 Å². The van der Waals surface area contributed by atoms with E-state index in [-0.39, 0.29) is 5.82 Å². The number of aromatic nitrogens is 1. The van der Waals surface area contributed by atoms with Crippen molar-refractivity contribution in [2.45, 2.75) is 32.3 Å². The highest BCUT2D eigenvalue weighted by atomic mass is 16.6. The standard InChI is InChI=1S/C14H19BN4O4/c1-14(2,3)23-13(20)17-6-7-18(11(15)9-17)10-4-5-12(16-8-10)19(21)22/h4-5,8,11H,6-7,9H2,1-3H3. The van der Waals surface area contributed by atoms with E-state index >= 15 is 0 Å². The third-order valence-electron chi connectivity index (χ3n) is 3.32. The van der Waals surface area contributed by atoms with Crippen molar-refractivity contribution in [3.8, 4) is 0 Å². The zero-order valence-corrected chi connectivity index (χ0v) is 13.4. The van der Waals surface area contributed by atoms with Gasteiger partial charge >= 0.3 is 11.9 Å². The van der Waals surface area contributed by atoms with Crippen molar-refractivity contribution in [2.75, 3.05) is 24.5 Å². The molecule has 1 fully saturated rings. The van der Waals surface area contributed by atoms with Gasteiger partial charge in [-0.25, -0.2) is 4.79 Å². The van der Waals surface area contributed by atoms with E-state index in [1.807, 2.05) is 25.7 Å². The molecule has 0 aromatic carbocycles. The summed E-state index contributed by atoms with van der Waals surface area (Å²) in [5.74, 6) is -0.644. The number of anilines is 1. The average Bonchev–Trinajstić information content (AvgIpc) is 2.45. The van der Waals surface area contributed by atoms with Gasteiger partial charge in [-0.2, -0.15) is 0 Å². The summed E-state index contributed by atoms with van der Waals surface area (Å²) in [5, 5.41) is 10.6. The molecule has 2 rings (SSSR count). The van der Waals surface area contributed by atoms with Crippen LogP contribution in [-0.2, 0) is 4.74 Å². The van der Waals surface area contributed by atoms with Gasteiger partial charge in [0.2, 0.25) is 0 Å². The number of carbonyl (C=O) groups excluding carboxylic acids is 1. The molecule has 1 aromatic heterocycles. The average molecular weight is 318 g/mol. The lowest BCUT2D eigenvalue weighted by Gasteiger charge is -2.41. The number of ether oxygens (including phenoxy) is 1. The van der Waals surface area contributed by atoms with Gasteiger partial charge in [-0.15, -0.1) is 0 Å². The second-order valence-corrected chi connectivity index (χ2v) is 6.32. The Morgan fingerprint density at radius 3 is 2.61 bits per heavy atom. The van der Waals surface area contributed by atoms with Crippen LogP contribution in [0.25, 0.3) is 0 Å². The van der Waals surface area contributed by atoms with Crippen molar-refractivity contribution in [3.05, 3.63) is 28.4 Å². The maximum atomic E-state index is 12.1. The van der Waals surface area contributed by atoms with Gasteiger partial charge in [0.25, 0.3) is 0 Å². The molecule has 0 spiro atoms. The van der Waals surface area contributed by atoms with Crippen molar-refractivity contribution in [1.82, 2.24) is 9.88 Å². The summed E-state index contributed by atoms with van der Waals surface area (Å²) in [5.41, 5.74) is 0.132. The van der Waals surface area contributed by atoms with Gasteiger partial charge in [0.05, 0.1) is 5.69 Å². The Hall–Kier alpha value is -2.32. The van der Waals surface area contributed by atoms with Gasteiger partial charge < -0.3 is 24.7 Å². The van der Waals surface area contributed by atoms with Crippen molar-refractivity contribution in [3.63, 3.8) is 0 Å². The Morgan fingerprint density at radius 1 is 1.43 bits per heavy atom. The number of nitrogens with zero attached hydrogens (tertiary/aromatic N) is 4. The lowest BCUT2D eigenvalue weighted by Crippen LogP contribution is -2.56. The molecular weight excluding hydrogens is 299 g/mol. The van der Waals surface area contributed by atoms with E-state index in [4.69, 9.17) is 12.6 Å². The normalized spacial score (nSPS) is 18.7. The summed E-state index contributed by atoms with van der Waals surface area (Å²) >= 11 is 0. The molecule has 1 aliphatic rings. The van der Waals surface area contributed by atoms with Gasteiger partial charge in [-0.3, -0.25) is 0 Å². The van der Waals surface area contributed by atoms with Crippen LogP contribution in [0.2, 0.25) is 0 Å². The van der Waals surface area contributed by atoms with Gasteiger partial charge in [0, 0.05) is 31.6 Å². The van der Waals surface area contributed by atoms with E-state index in [1.54, 1.807) is 11.0 Å². The molecule has 122 valence electrons. The Kier molecular flexibility index (Phi) is 4.77. The molecule has 2 heterocycles. The molecule has 1 aromatic rings. The Labute approximate surface area is 136 Å². The van der Waals surface area contributed by atoms with E-state index in [2.05, 4.69) is 4.98 Å². The molecule has 0 aliphatic carbocycles. The summed E-state index contributed by atoms with van der Waals surface area (Å²) in [6.45, 7) is 6.70. The van der Waals surface area contributed by atoms with Crippen molar-refractivity contribution in [1.29, 1.82) is 0 Å². The molecule has 23 heavy (non-hydrogen) atoms. The van der Waals surface area contributed by atoms with Gasteiger partial charge in [0.1, 0.15) is 13.4 Å². The second-order valence-electron chi connectivity index (χ2n) is 6.32. The summed E-state index contributed by atoms with van der Waals surface area (Å²) in [4.78, 5) is 29.4. The van der Waals surface area contributed by atoms with E-state index in [1.165, 1.54) is 12.3 Å². The second kappa shape index (κ2) is 6.43. The highest BCUT2D eigenvalue weighted by Crippen LogP contribution is 2.21. The predicted molar refractivity (Wildman–Crippen MR) is 85.6 cm³/mol. The fraction of sp³-hybridized carbons (Fsp3) is 0.571. The molecule has 0 N–H and O–H groups in total. The SMILES string of the molecule is [B]C1CN(C(=O)OC(C)(C)C)CCN1c1ccc([N+](=O)[O-])nc1. The molecule has 8 nitrogen and oxygen atoms in total. The fourth-order valence-electron chi connectivity index (χ4n) is 2.28. The van der Waals surface area contributed by atoms with E-state index < -0.39 is 22.6 Å². The molecule has 0 bridgehead atoms. The van der Waals surface area contributed by atoms with Crippen LogP contribution in [0, 0.1) is 10.1 Å². The first-order valence-corrected chi connectivity index (χ1v) is 7.28. The molecule has 9 heteroatoms. The van der Waals surface area contributed by atoms with Crippen molar-refractivity contribution in [2.24, 2.45) is 0 Å². The molecular formula is C14H19BN4O4. The Bertz CT molecular complexity index is 587. The summed E-state index contributed by atoms with van der Waals surface area (Å²) in [7, 11) is 6.12. The maximum Gasteiger partial charge on any atom is 0.410 e. The van der Waals surface area contributed by atoms with Crippen LogP contribution in [0.5, 0.6) is 0 Å². The van der Waals surface area contributed by atoms with Gasteiger partial charge in [0.15, 0.2) is 6.20 Å². The minimum absolute atomic E-state index is 0.213. The largest absolute Gasteiger partial charge is 0.444 e. The van der Waals surface area contributed by atoms with Crippen LogP contribution in [0.3, 0.4) is 0 Å². The number of piperazine rings is 1. The molecule has 1 saturated heterocycles. The summed E-state index contributed by atoms with van der Waals surface area (Å²) in [6.07, 6.45) is 1.02. The smallest absolute Gasteiger partial charge is 0.410 e. The Balaban J connectivity index is 2.01. The number of hydrogen-bond acceptors (Lipinski definition) is 6. The number of pyridine rings is 1. The zero-order chi connectivity index (χ0) is 17.2. The van der Waals surface area contributed by atoms with Crippen molar-refractivity contribution >= 4 is 25.4 Å². The number of hydrogen-bond donors (Lipinski definition) is 0. The van der Waals surface area contributed by atoms with Crippen LogP contribution in [0.4, 0.5) is 16.3 Å². The third-order valence-corrected chi connectivity index (χ3v) is 3.32. The van der Waals surface area contributed by atoms with Crippen molar-refractivity contribution < 1.29 is 14.5 Å². The van der Waals surface area contributed by atoms with Crippen LogP contribution in [0.15, 0.2) is 18.3 Å². The maximum absolute atomic E-state index is 12.1. The quantitative estimate of drug-likeness (QED) is 0.467. The molecule has 0 saturated carbocycles. The number of nitro groups is 1. The van der Waals surface area contributed by atoms with E-state index in [9.17, 15) is 14.9 Å². The van der Waals surface area contributed by atoms with Gasteiger partial charge in [-0.1, -0.05) is 0 Å². The molecule has 1 amide bonds. The first kappa shape index (κ1) is 17.0. The first-order chi connectivity index (χ1) is 10.7. The topological polar surface area (TPSA) is 88.8 Å². The molecule has 1 unspecified atom stereocenters. The lowest BCUT2D eigenvalue weighted by atomic mass is 9.91. The third kappa shape index (κ3) is 4.34. The number of rotatable bonds is 2. The van der Waals surface area contributed by atoms with E-state index in [0.717, 1.165) is 0 Å². The van der Waals surface area contributed by atoms with Crippen LogP contribution >= 0.6 is 0 Å². The van der Waals surface area contributed by atoms with E-state index in [0.29, 0.717) is 25.3 Å². The minimum atomic E-state index is -0.555. The van der Waals surface area contributed by atoms with Crippen LogP contribution in [-0.4, -0.2) is 59.9 Å². The number of carbonyl (C=O) groups is 1. The van der Waals surface area contributed by atoms with Crippen LogP contribution in [0.1, 0.15) is 20.8 Å². The molecule has 2 radical (unpaired) electrons. The highest BCUT2D eigenvalue weighted by molar-refractivity contribution is 6.14. The highest BCUT2D eigenvalue weighted by Gasteiger charge is 2.30. The Morgan fingerprint density at radius 2 is 2.13 bits per heavy atom. The fourth-order valence-corrected chi connectivity index (χ4v) is 2.28. The molecule has 1 atom stereocenters. The number of amides is 1. The lowest BCUT2D eigenvalue weighted by molar-refractivity contribution is -0.389. The zero-order valence-electron chi connectivity index (χ0n) is 13.4. The minimum Gasteiger partial charge on any atom is -0.444 e. The molecule has 1 aliphatic heterocycles. The predicted octanol–water partition coefficient (Wildman–Crippen LogP) is 1.54. The monoisotopic (exact) mass is 318 g/mol. The first-order valence-electron chi connectivity index (χ1n) is 7.28. The summed E-state index contributed by atoms with van der Waals surface area (Å²) in [6, 6.07) is 2.94.